The van der Waals surface area contributed by atoms with Crippen LogP contribution in [-0.2, 0) is 4.74 Å². The molecule has 0 saturated heterocycles. The SMILES string of the molecule is CCOC(=O)c1ccccc1NC(=O)c1cc(Nc2cccc(C)c2C)ncn1. The van der Waals surface area contributed by atoms with Crippen molar-refractivity contribution in [2.24, 2.45) is 0 Å². The standard InChI is InChI=1S/C22H22N4O3/c1-4-29-22(28)16-9-5-6-10-18(16)26-21(27)19-12-20(24-13-23-19)25-17-11-7-8-14(2)15(17)3/h5-13H,4H2,1-3H3,(H,26,27)(H,23,24,25). The second-order valence-electron chi connectivity index (χ2n) is 6.38. The van der Waals surface area contributed by atoms with Crippen LogP contribution in [0.5, 0.6) is 0 Å². The number of rotatable bonds is 6. The summed E-state index contributed by atoms with van der Waals surface area (Å²) in [6, 6.07) is 14.2. The Morgan fingerprint density at radius 2 is 1.76 bits per heavy atom. The van der Waals surface area contributed by atoms with Gasteiger partial charge >= 0.3 is 5.97 Å². The molecule has 0 unspecified atom stereocenters. The Hall–Kier alpha value is -3.74. The van der Waals surface area contributed by atoms with Crippen LogP contribution >= 0.6 is 0 Å². The lowest BCUT2D eigenvalue weighted by Gasteiger charge is -2.12. The monoisotopic (exact) mass is 390 g/mol. The van der Waals surface area contributed by atoms with Crippen molar-refractivity contribution in [3.63, 3.8) is 0 Å². The normalized spacial score (nSPS) is 10.3. The van der Waals surface area contributed by atoms with Crippen molar-refractivity contribution < 1.29 is 14.3 Å². The van der Waals surface area contributed by atoms with E-state index in [0.29, 0.717) is 11.5 Å². The number of amides is 1. The van der Waals surface area contributed by atoms with E-state index in [1.807, 2.05) is 32.0 Å². The van der Waals surface area contributed by atoms with Crippen molar-refractivity contribution >= 4 is 29.1 Å². The van der Waals surface area contributed by atoms with E-state index in [-0.39, 0.29) is 17.9 Å². The lowest BCUT2D eigenvalue weighted by atomic mass is 10.1. The van der Waals surface area contributed by atoms with Crippen LogP contribution in [0.3, 0.4) is 0 Å². The third-order valence-corrected chi connectivity index (χ3v) is 4.44. The zero-order valence-corrected chi connectivity index (χ0v) is 16.5. The molecular formula is C22H22N4O3. The first kappa shape index (κ1) is 20.0. The quantitative estimate of drug-likeness (QED) is 0.611. The van der Waals surface area contributed by atoms with E-state index in [9.17, 15) is 9.59 Å². The summed E-state index contributed by atoms with van der Waals surface area (Å²) in [7, 11) is 0. The Morgan fingerprint density at radius 1 is 1.00 bits per heavy atom. The van der Waals surface area contributed by atoms with Gasteiger partial charge in [0.2, 0.25) is 0 Å². The molecule has 0 radical (unpaired) electrons. The molecule has 1 aromatic heterocycles. The molecule has 29 heavy (non-hydrogen) atoms. The number of nitrogens with zero attached hydrogens (tertiary/aromatic N) is 2. The molecular weight excluding hydrogens is 368 g/mol. The largest absolute Gasteiger partial charge is 0.462 e. The van der Waals surface area contributed by atoms with Crippen LogP contribution in [0.25, 0.3) is 0 Å². The van der Waals surface area contributed by atoms with Crippen LogP contribution in [0, 0.1) is 13.8 Å². The van der Waals surface area contributed by atoms with Crippen LogP contribution in [-0.4, -0.2) is 28.5 Å². The number of ether oxygens (including phenoxy) is 1. The first-order valence-corrected chi connectivity index (χ1v) is 9.22. The van der Waals surface area contributed by atoms with Gasteiger partial charge in [0.25, 0.3) is 5.91 Å². The van der Waals surface area contributed by atoms with Gasteiger partial charge < -0.3 is 15.4 Å². The topological polar surface area (TPSA) is 93.2 Å². The van der Waals surface area contributed by atoms with Crippen molar-refractivity contribution in [3.05, 3.63) is 77.2 Å². The number of para-hydroxylation sites is 1. The second-order valence-corrected chi connectivity index (χ2v) is 6.38. The van der Waals surface area contributed by atoms with Crippen LogP contribution in [0.2, 0.25) is 0 Å². The molecule has 0 aliphatic rings. The number of carbonyl (C=O) groups is 2. The molecule has 7 heteroatoms. The van der Waals surface area contributed by atoms with Gasteiger partial charge in [0.1, 0.15) is 17.8 Å². The van der Waals surface area contributed by atoms with Gasteiger partial charge in [0, 0.05) is 11.8 Å². The molecule has 0 saturated carbocycles. The van der Waals surface area contributed by atoms with Crippen molar-refractivity contribution in [1.29, 1.82) is 0 Å². The number of aryl methyl sites for hydroxylation is 1. The van der Waals surface area contributed by atoms with E-state index in [1.165, 1.54) is 6.33 Å². The summed E-state index contributed by atoms with van der Waals surface area (Å²) in [6.45, 7) is 6.02. The molecule has 3 aromatic rings. The predicted octanol–water partition coefficient (Wildman–Crippen LogP) is 4.27. The van der Waals surface area contributed by atoms with Crippen LogP contribution in [0.4, 0.5) is 17.2 Å². The Morgan fingerprint density at radius 3 is 2.55 bits per heavy atom. The Labute approximate surface area is 169 Å². The maximum absolute atomic E-state index is 12.7. The molecule has 0 atom stereocenters. The molecule has 3 rings (SSSR count). The average Bonchev–Trinajstić information content (AvgIpc) is 2.72. The minimum Gasteiger partial charge on any atom is -0.462 e. The van der Waals surface area contributed by atoms with Crippen LogP contribution in [0.15, 0.2) is 54.9 Å². The third kappa shape index (κ3) is 4.76. The van der Waals surface area contributed by atoms with E-state index in [0.717, 1.165) is 16.8 Å². The zero-order valence-electron chi connectivity index (χ0n) is 16.5. The highest BCUT2D eigenvalue weighted by molar-refractivity contribution is 6.07. The van der Waals surface area contributed by atoms with E-state index < -0.39 is 11.9 Å². The summed E-state index contributed by atoms with van der Waals surface area (Å²) < 4.78 is 5.04. The molecule has 0 bridgehead atoms. The van der Waals surface area contributed by atoms with Crippen molar-refractivity contribution in [3.8, 4) is 0 Å². The first-order chi connectivity index (χ1) is 14.0. The van der Waals surface area contributed by atoms with Gasteiger partial charge in [-0.15, -0.1) is 0 Å². The molecule has 2 N–H and O–H groups in total. The molecule has 0 spiro atoms. The van der Waals surface area contributed by atoms with Crippen LogP contribution < -0.4 is 10.6 Å². The van der Waals surface area contributed by atoms with Crippen molar-refractivity contribution in [1.82, 2.24) is 9.97 Å². The number of aromatic nitrogens is 2. The van der Waals surface area contributed by atoms with Crippen molar-refractivity contribution in [2.75, 3.05) is 17.2 Å². The summed E-state index contributed by atoms with van der Waals surface area (Å²) in [5.41, 5.74) is 3.97. The fourth-order valence-electron chi connectivity index (χ4n) is 2.74. The minimum absolute atomic E-state index is 0.173. The number of anilines is 3. The second kappa shape index (κ2) is 8.97. The van der Waals surface area contributed by atoms with Gasteiger partial charge in [-0.25, -0.2) is 14.8 Å². The summed E-state index contributed by atoms with van der Waals surface area (Å²) in [5, 5.41) is 5.93. The van der Waals surface area contributed by atoms with Gasteiger partial charge in [-0.2, -0.15) is 0 Å². The van der Waals surface area contributed by atoms with E-state index in [1.54, 1.807) is 37.3 Å². The Kier molecular flexibility index (Phi) is 6.19. The zero-order chi connectivity index (χ0) is 20.8. The van der Waals surface area contributed by atoms with Gasteiger partial charge in [-0.1, -0.05) is 24.3 Å². The predicted molar refractivity (Wildman–Crippen MR) is 112 cm³/mol. The summed E-state index contributed by atoms with van der Waals surface area (Å²) in [4.78, 5) is 33.0. The van der Waals surface area contributed by atoms with E-state index in [4.69, 9.17) is 4.74 Å². The van der Waals surface area contributed by atoms with Crippen LogP contribution in [0.1, 0.15) is 38.9 Å². The lowest BCUT2D eigenvalue weighted by Crippen LogP contribution is -2.17. The van der Waals surface area contributed by atoms with Crippen molar-refractivity contribution in [2.45, 2.75) is 20.8 Å². The number of carbonyl (C=O) groups excluding carboxylic acids is 2. The number of benzene rings is 2. The third-order valence-electron chi connectivity index (χ3n) is 4.44. The number of hydrogen-bond acceptors (Lipinski definition) is 6. The number of hydrogen-bond donors (Lipinski definition) is 2. The number of nitrogens with one attached hydrogen (secondary N) is 2. The smallest absolute Gasteiger partial charge is 0.340 e. The lowest BCUT2D eigenvalue weighted by molar-refractivity contribution is 0.0527. The summed E-state index contributed by atoms with van der Waals surface area (Å²) >= 11 is 0. The van der Waals surface area contributed by atoms with Gasteiger partial charge in [-0.3, -0.25) is 4.79 Å². The maximum Gasteiger partial charge on any atom is 0.340 e. The molecule has 1 heterocycles. The number of esters is 1. The van der Waals surface area contributed by atoms with Gasteiger partial charge in [0.05, 0.1) is 17.9 Å². The van der Waals surface area contributed by atoms with E-state index >= 15 is 0 Å². The van der Waals surface area contributed by atoms with Gasteiger partial charge in [-0.05, 0) is 50.1 Å². The molecule has 0 aliphatic heterocycles. The molecule has 0 fully saturated rings. The Balaban J connectivity index is 1.80. The first-order valence-electron chi connectivity index (χ1n) is 9.22. The summed E-state index contributed by atoms with van der Waals surface area (Å²) in [5.74, 6) is -0.450. The average molecular weight is 390 g/mol. The summed E-state index contributed by atoms with van der Waals surface area (Å²) in [6.07, 6.45) is 1.32. The fraction of sp³-hybridized carbons (Fsp3) is 0.182. The minimum atomic E-state index is -0.497. The molecule has 2 aromatic carbocycles. The molecule has 148 valence electrons. The van der Waals surface area contributed by atoms with E-state index in [2.05, 4.69) is 20.6 Å². The van der Waals surface area contributed by atoms with Gasteiger partial charge in [0.15, 0.2) is 0 Å². The highest BCUT2D eigenvalue weighted by Crippen LogP contribution is 2.22. The highest BCUT2D eigenvalue weighted by atomic mass is 16.5. The maximum atomic E-state index is 12.7. The molecule has 0 aliphatic carbocycles. The fourth-order valence-corrected chi connectivity index (χ4v) is 2.74. The molecule has 1 amide bonds. The highest BCUT2D eigenvalue weighted by Gasteiger charge is 2.16. The molecule has 7 nitrogen and oxygen atoms in total. The Bertz CT molecular complexity index is 1050.